The molecule has 0 spiro atoms. The number of halogens is 3. The standard InChI is InChI=1S/C30H28F3N7O3/c1-5-26-35-23-13-25(43-4)24(42-3)12-21(23)28(36-26)40-8-6-18-19(22-15-38(2)37-27(22)30(31,32)33)10-17(11-20(18)29(40)41)14-39-9-7-34-16-39/h7,9-13,15-16H,5-6,8,14H2,1-4H3. The monoisotopic (exact) mass is 591 g/mol. The van der Waals surface area contributed by atoms with E-state index >= 15 is 0 Å². The highest BCUT2D eigenvalue weighted by atomic mass is 19.4. The Bertz CT molecular complexity index is 1850. The van der Waals surface area contributed by atoms with Crippen LogP contribution < -0.4 is 14.4 Å². The first kappa shape index (κ1) is 28.2. The molecule has 0 bridgehead atoms. The SMILES string of the molecule is CCc1nc(N2CCc3c(cc(Cn4ccnc4)cc3-c3cn(C)nc3C(F)(F)F)C2=O)c2cc(OC)c(OC)cc2n1. The Morgan fingerprint density at radius 2 is 1.74 bits per heavy atom. The second-order valence-corrected chi connectivity index (χ2v) is 10.2. The number of hydrogen-bond acceptors (Lipinski definition) is 7. The molecule has 0 atom stereocenters. The fraction of sp³-hybridized carbons (Fsp3) is 0.300. The summed E-state index contributed by atoms with van der Waals surface area (Å²) in [5, 5.41) is 4.31. The number of alkyl halides is 3. The molecule has 43 heavy (non-hydrogen) atoms. The molecule has 222 valence electrons. The summed E-state index contributed by atoms with van der Waals surface area (Å²) >= 11 is 0. The molecule has 0 saturated carbocycles. The maximum atomic E-state index is 14.3. The highest BCUT2D eigenvalue weighted by Gasteiger charge is 2.39. The van der Waals surface area contributed by atoms with Gasteiger partial charge in [0.1, 0.15) is 11.6 Å². The molecule has 6 rings (SSSR count). The van der Waals surface area contributed by atoms with Gasteiger partial charge in [0.05, 0.1) is 26.1 Å². The van der Waals surface area contributed by atoms with Crippen molar-refractivity contribution in [3.63, 3.8) is 0 Å². The van der Waals surface area contributed by atoms with Crippen LogP contribution in [0.5, 0.6) is 11.5 Å². The van der Waals surface area contributed by atoms with Crippen molar-refractivity contribution in [1.82, 2.24) is 29.3 Å². The fourth-order valence-corrected chi connectivity index (χ4v) is 5.53. The van der Waals surface area contributed by atoms with Gasteiger partial charge in [-0.1, -0.05) is 6.92 Å². The highest BCUT2D eigenvalue weighted by molar-refractivity contribution is 6.12. The number of amides is 1. The van der Waals surface area contributed by atoms with Gasteiger partial charge in [-0.3, -0.25) is 14.4 Å². The van der Waals surface area contributed by atoms with Crippen LogP contribution in [0.2, 0.25) is 0 Å². The molecular formula is C30H28F3N7O3. The van der Waals surface area contributed by atoms with Crippen molar-refractivity contribution in [3.8, 4) is 22.6 Å². The number of aryl methyl sites for hydroxylation is 2. The molecule has 0 fully saturated rings. The van der Waals surface area contributed by atoms with Gasteiger partial charge in [-0.15, -0.1) is 0 Å². The van der Waals surface area contributed by atoms with Crippen molar-refractivity contribution >= 4 is 22.6 Å². The van der Waals surface area contributed by atoms with Gasteiger partial charge < -0.3 is 14.0 Å². The van der Waals surface area contributed by atoms with Gasteiger partial charge in [0.25, 0.3) is 5.91 Å². The third-order valence-corrected chi connectivity index (χ3v) is 7.48. The number of hydrogen-bond donors (Lipinski definition) is 0. The van der Waals surface area contributed by atoms with E-state index in [2.05, 4.69) is 15.1 Å². The number of rotatable bonds is 7. The van der Waals surface area contributed by atoms with Gasteiger partial charge >= 0.3 is 6.18 Å². The molecule has 1 aliphatic heterocycles. The van der Waals surface area contributed by atoms with Crippen LogP contribution in [-0.4, -0.2) is 56.0 Å². The molecule has 0 aliphatic carbocycles. The second kappa shape index (κ2) is 10.7. The molecule has 10 nitrogen and oxygen atoms in total. The predicted molar refractivity (Wildman–Crippen MR) is 152 cm³/mol. The average Bonchev–Trinajstić information content (AvgIpc) is 3.65. The first-order valence-corrected chi connectivity index (χ1v) is 13.6. The summed E-state index contributed by atoms with van der Waals surface area (Å²) in [6, 6.07) is 6.92. The zero-order chi connectivity index (χ0) is 30.5. The van der Waals surface area contributed by atoms with Crippen LogP contribution in [-0.2, 0) is 32.6 Å². The van der Waals surface area contributed by atoms with Crippen molar-refractivity contribution in [1.29, 1.82) is 0 Å². The number of carbonyl (C=O) groups excluding carboxylic acids is 1. The Morgan fingerprint density at radius 3 is 2.42 bits per heavy atom. The van der Waals surface area contributed by atoms with Gasteiger partial charge in [0.15, 0.2) is 17.2 Å². The first-order chi connectivity index (χ1) is 20.6. The van der Waals surface area contributed by atoms with Crippen LogP contribution in [0.1, 0.15) is 39.9 Å². The lowest BCUT2D eigenvalue weighted by molar-refractivity contribution is -0.140. The Morgan fingerprint density at radius 1 is 1.00 bits per heavy atom. The maximum absolute atomic E-state index is 14.3. The van der Waals surface area contributed by atoms with E-state index in [1.165, 1.54) is 27.5 Å². The Hall–Kier alpha value is -4.94. The number of benzene rings is 2. The fourth-order valence-electron chi connectivity index (χ4n) is 5.53. The normalized spacial score (nSPS) is 13.5. The zero-order valence-electron chi connectivity index (χ0n) is 23.9. The van der Waals surface area contributed by atoms with Crippen molar-refractivity contribution < 1.29 is 27.4 Å². The topological polar surface area (TPSA) is 100 Å². The molecule has 13 heteroatoms. The van der Waals surface area contributed by atoms with E-state index in [9.17, 15) is 18.0 Å². The lowest BCUT2D eigenvalue weighted by Gasteiger charge is -2.31. The molecule has 2 aromatic carbocycles. The van der Waals surface area contributed by atoms with Gasteiger partial charge in [-0.2, -0.15) is 18.3 Å². The Kier molecular flexibility index (Phi) is 7.03. The van der Waals surface area contributed by atoms with Gasteiger partial charge in [0, 0.05) is 67.7 Å². The minimum Gasteiger partial charge on any atom is -0.493 e. The van der Waals surface area contributed by atoms with Gasteiger partial charge in [0.2, 0.25) is 0 Å². The summed E-state index contributed by atoms with van der Waals surface area (Å²) in [5.41, 5.74) is 1.32. The number of imidazole rings is 1. The van der Waals surface area contributed by atoms with Crippen LogP contribution in [0.4, 0.5) is 19.0 Å². The molecule has 1 amide bonds. The first-order valence-electron chi connectivity index (χ1n) is 13.6. The van der Waals surface area contributed by atoms with Gasteiger partial charge in [-0.25, -0.2) is 15.0 Å². The number of fused-ring (bicyclic) bond motifs is 2. The molecule has 0 N–H and O–H groups in total. The van der Waals surface area contributed by atoms with Crippen LogP contribution in [0.3, 0.4) is 0 Å². The van der Waals surface area contributed by atoms with Crippen LogP contribution in [0.25, 0.3) is 22.0 Å². The van der Waals surface area contributed by atoms with E-state index in [4.69, 9.17) is 14.5 Å². The number of carbonyl (C=O) groups is 1. The van der Waals surface area contributed by atoms with Crippen molar-refractivity contribution in [2.24, 2.45) is 7.05 Å². The summed E-state index contributed by atoms with van der Waals surface area (Å²) < 4.78 is 56.1. The molecule has 0 radical (unpaired) electrons. The molecule has 5 aromatic rings. The zero-order valence-corrected chi connectivity index (χ0v) is 23.9. The molecule has 0 unspecified atom stereocenters. The Balaban J connectivity index is 1.54. The summed E-state index contributed by atoms with van der Waals surface area (Å²) in [6.07, 6.45) is 2.47. The molecular weight excluding hydrogens is 563 g/mol. The maximum Gasteiger partial charge on any atom is 0.435 e. The molecule has 1 aliphatic rings. The van der Waals surface area contributed by atoms with Crippen LogP contribution >= 0.6 is 0 Å². The second-order valence-electron chi connectivity index (χ2n) is 10.2. The smallest absolute Gasteiger partial charge is 0.435 e. The largest absolute Gasteiger partial charge is 0.493 e. The minimum absolute atomic E-state index is 0.0717. The van der Waals surface area contributed by atoms with Crippen molar-refractivity contribution in [3.05, 3.63) is 77.4 Å². The molecule has 3 aromatic heterocycles. The van der Waals surface area contributed by atoms with Crippen LogP contribution in [0.15, 0.2) is 49.2 Å². The number of nitrogens with zero attached hydrogens (tertiary/aromatic N) is 7. The lowest BCUT2D eigenvalue weighted by atomic mass is 9.88. The van der Waals surface area contributed by atoms with Crippen molar-refractivity contribution in [2.45, 2.75) is 32.5 Å². The van der Waals surface area contributed by atoms with Crippen molar-refractivity contribution in [2.75, 3.05) is 25.7 Å². The van der Waals surface area contributed by atoms with E-state index in [0.717, 1.165) is 4.68 Å². The number of methoxy groups -OCH3 is 2. The average molecular weight is 592 g/mol. The minimum atomic E-state index is -4.68. The summed E-state index contributed by atoms with van der Waals surface area (Å²) in [5.74, 6) is 1.51. The number of aromatic nitrogens is 6. The van der Waals surface area contributed by atoms with E-state index < -0.39 is 11.9 Å². The van der Waals surface area contributed by atoms with Gasteiger partial charge in [-0.05, 0) is 41.3 Å². The van der Waals surface area contributed by atoms with Crippen LogP contribution in [0, 0.1) is 0 Å². The summed E-state index contributed by atoms with van der Waals surface area (Å²) in [4.78, 5) is 29.3. The molecule has 4 heterocycles. The third-order valence-electron chi connectivity index (χ3n) is 7.48. The van der Waals surface area contributed by atoms with E-state index in [0.29, 0.717) is 75.7 Å². The molecule has 0 saturated heterocycles. The summed E-state index contributed by atoms with van der Waals surface area (Å²) in [7, 11) is 4.50. The van der Waals surface area contributed by atoms with E-state index in [1.807, 2.05) is 6.92 Å². The summed E-state index contributed by atoms with van der Waals surface area (Å²) in [6.45, 7) is 2.42. The lowest BCUT2D eigenvalue weighted by Crippen LogP contribution is -2.39. The van der Waals surface area contributed by atoms with E-state index in [-0.39, 0.29) is 18.0 Å². The third kappa shape index (κ3) is 5.04. The Labute approximate surface area is 244 Å². The van der Waals surface area contributed by atoms with E-state index in [1.54, 1.807) is 52.5 Å². The number of ether oxygens (including phenoxy) is 2. The highest BCUT2D eigenvalue weighted by Crippen LogP contribution is 2.41. The quantitative estimate of drug-likeness (QED) is 0.260. The number of anilines is 1. The predicted octanol–water partition coefficient (Wildman–Crippen LogP) is 5.08.